The third-order valence-electron chi connectivity index (χ3n) is 6.04. The maximum atomic E-state index is 13.4. The zero-order chi connectivity index (χ0) is 27.2. The summed E-state index contributed by atoms with van der Waals surface area (Å²) in [4.78, 5) is 44.1. The van der Waals surface area contributed by atoms with Crippen molar-refractivity contribution in [3.63, 3.8) is 0 Å². The van der Waals surface area contributed by atoms with Gasteiger partial charge in [-0.3, -0.25) is 19.0 Å². The van der Waals surface area contributed by atoms with E-state index in [1.807, 2.05) is 0 Å². The van der Waals surface area contributed by atoms with Gasteiger partial charge in [0.25, 0.3) is 17.4 Å². The molecule has 0 bridgehead atoms. The van der Waals surface area contributed by atoms with Crippen LogP contribution in [0.2, 0.25) is 10.3 Å². The van der Waals surface area contributed by atoms with Gasteiger partial charge < -0.3 is 10.2 Å². The van der Waals surface area contributed by atoms with Crippen LogP contribution in [0.1, 0.15) is 44.5 Å². The Morgan fingerprint density at radius 3 is 2.49 bits per heavy atom. The highest BCUT2D eigenvalue weighted by atomic mass is 79.9. The lowest BCUT2D eigenvalue weighted by atomic mass is 9.98. The normalized spacial score (nSPS) is 15.4. The molecule has 0 spiro atoms. The summed E-state index contributed by atoms with van der Waals surface area (Å²) in [6.45, 7) is 1.58. The van der Waals surface area contributed by atoms with Crippen LogP contribution in [-0.4, -0.2) is 39.4 Å². The van der Waals surface area contributed by atoms with E-state index in [2.05, 4.69) is 26.2 Å². The summed E-state index contributed by atoms with van der Waals surface area (Å²) >= 11 is 15.4. The molecule has 2 heterocycles. The molecule has 2 amide bonds. The molecule has 0 unspecified atom stereocenters. The molecule has 0 saturated carbocycles. The zero-order valence-corrected chi connectivity index (χ0v) is 22.4. The fourth-order valence-corrected chi connectivity index (χ4v) is 5.14. The van der Waals surface area contributed by atoms with Crippen LogP contribution in [0.15, 0.2) is 45.7 Å². The summed E-state index contributed by atoms with van der Waals surface area (Å²) in [7, 11) is 1.46. The minimum Gasteiger partial charge on any atom is -0.355 e. The Hall–Kier alpha value is -2.89. The van der Waals surface area contributed by atoms with Gasteiger partial charge in [0.1, 0.15) is 0 Å². The third-order valence-corrected chi connectivity index (χ3v) is 7.29. The lowest BCUT2D eigenvalue weighted by Crippen LogP contribution is -2.45. The zero-order valence-electron chi connectivity index (χ0n) is 19.3. The number of hydrogen-bond donors (Lipinski definition) is 1. The van der Waals surface area contributed by atoms with Crippen molar-refractivity contribution in [3.05, 3.63) is 89.5 Å². The number of amides is 2. The van der Waals surface area contributed by atoms with E-state index in [1.54, 1.807) is 6.92 Å². The van der Waals surface area contributed by atoms with Crippen LogP contribution in [0.25, 0.3) is 5.69 Å². The molecule has 3 aromatic rings. The van der Waals surface area contributed by atoms with Gasteiger partial charge in [0.15, 0.2) is 0 Å². The Balaban J connectivity index is 1.70. The first-order valence-corrected chi connectivity index (χ1v) is 12.4. The number of halogens is 6. The van der Waals surface area contributed by atoms with Gasteiger partial charge in [-0.25, -0.2) is 4.98 Å². The van der Waals surface area contributed by atoms with E-state index in [4.69, 9.17) is 23.2 Å². The molecule has 4 rings (SSSR count). The average molecular weight is 618 g/mol. The van der Waals surface area contributed by atoms with Crippen LogP contribution in [0, 0.1) is 0 Å². The van der Waals surface area contributed by atoms with E-state index >= 15 is 0 Å². The van der Waals surface area contributed by atoms with Crippen LogP contribution in [-0.2, 0) is 19.1 Å². The van der Waals surface area contributed by atoms with Crippen molar-refractivity contribution in [1.82, 2.24) is 19.8 Å². The molecule has 13 heteroatoms. The van der Waals surface area contributed by atoms with Crippen molar-refractivity contribution in [2.45, 2.75) is 32.1 Å². The second kappa shape index (κ2) is 10.1. The number of alkyl halides is 3. The highest BCUT2D eigenvalue weighted by Gasteiger charge is 2.36. The minimum absolute atomic E-state index is 0.107. The van der Waals surface area contributed by atoms with Gasteiger partial charge >= 0.3 is 6.18 Å². The first kappa shape index (κ1) is 27.2. The molecule has 37 heavy (non-hydrogen) atoms. The van der Waals surface area contributed by atoms with Gasteiger partial charge in [-0.2, -0.15) is 13.2 Å². The molecular weight excluding hydrogens is 600 g/mol. The molecule has 0 saturated heterocycles. The summed E-state index contributed by atoms with van der Waals surface area (Å²) < 4.78 is 41.0. The highest BCUT2D eigenvalue weighted by Crippen LogP contribution is 2.36. The number of fused-ring (bicyclic) bond motifs is 1. The Morgan fingerprint density at radius 2 is 1.86 bits per heavy atom. The number of benzene rings is 2. The average Bonchev–Trinajstić information content (AvgIpc) is 2.83. The molecule has 194 valence electrons. The molecule has 1 N–H and O–H groups in total. The van der Waals surface area contributed by atoms with Crippen molar-refractivity contribution in [2.24, 2.45) is 0 Å². The first-order chi connectivity index (χ1) is 17.3. The molecule has 2 aromatic carbocycles. The van der Waals surface area contributed by atoms with E-state index in [1.165, 1.54) is 42.3 Å². The third kappa shape index (κ3) is 5.12. The first-order valence-electron chi connectivity index (χ1n) is 10.8. The number of hydrogen-bond acceptors (Lipinski definition) is 4. The molecule has 0 radical (unpaired) electrons. The molecule has 0 fully saturated rings. The summed E-state index contributed by atoms with van der Waals surface area (Å²) in [6.07, 6.45) is -4.53. The highest BCUT2D eigenvalue weighted by molar-refractivity contribution is 9.10. The monoisotopic (exact) mass is 616 g/mol. The van der Waals surface area contributed by atoms with Crippen LogP contribution in [0.4, 0.5) is 13.2 Å². The number of nitrogens with zero attached hydrogens (tertiary/aromatic N) is 3. The number of carbonyl (C=O) groups excluding carboxylic acids is 2. The van der Waals surface area contributed by atoms with Gasteiger partial charge in [-0.05, 0) is 61.3 Å². The topological polar surface area (TPSA) is 84.3 Å². The van der Waals surface area contributed by atoms with Gasteiger partial charge in [0.05, 0.1) is 34.1 Å². The molecule has 7 nitrogen and oxygen atoms in total. The van der Waals surface area contributed by atoms with E-state index in [9.17, 15) is 27.6 Å². The van der Waals surface area contributed by atoms with Crippen LogP contribution >= 0.6 is 39.1 Å². The molecule has 1 aliphatic rings. The van der Waals surface area contributed by atoms with Crippen molar-refractivity contribution >= 4 is 50.9 Å². The maximum absolute atomic E-state index is 13.4. The van der Waals surface area contributed by atoms with Crippen molar-refractivity contribution in [1.29, 1.82) is 0 Å². The Labute approximate surface area is 227 Å². The standard InChI is InChI=1S/C24H18BrCl2F3N4O3/c1-11-7-15-19(10-33(11)21(36)12-3-6-17(25)16(8-12)24(28,29)30)32-23(27)34(22(15)37)13-4-5-14(18(26)9-13)20(35)31-2/h3-6,8-9,11H,7,10H2,1-2H3,(H,31,35)/t11-/m1/s1. The predicted molar refractivity (Wildman–Crippen MR) is 135 cm³/mol. The molecule has 1 aromatic heterocycles. The lowest BCUT2D eigenvalue weighted by Gasteiger charge is -2.34. The molecule has 1 aliphatic heterocycles. The SMILES string of the molecule is CNC(=O)c1ccc(-n2c(Cl)nc3c(c2=O)C[C@@H](C)N(C(=O)c2ccc(Br)c(C(F)(F)F)c2)C3)cc1Cl. The quantitative estimate of drug-likeness (QED) is 0.406. The number of carbonyl (C=O) groups is 2. The van der Waals surface area contributed by atoms with Crippen molar-refractivity contribution < 1.29 is 22.8 Å². The summed E-state index contributed by atoms with van der Waals surface area (Å²) in [5, 5.41) is 2.38. The predicted octanol–water partition coefficient (Wildman–Crippen LogP) is 5.27. The summed E-state index contributed by atoms with van der Waals surface area (Å²) in [6, 6.07) is 7.13. The van der Waals surface area contributed by atoms with Gasteiger partial charge in [0.2, 0.25) is 5.28 Å². The summed E-state index contributed by atoms with van der Waals surface area (Å²) in [5.74, 6) is -1.03. The Kier molecular flexibility index (Phi) is 7.42. The van der Waals surface area contributed by atoms with Gasteiger partial charge in [-0.15, -0.1) is 0 Å². The summed E-state index contributed by atoms with van der Waals surface area (Å²) in [5.41, 5.74) is -0.500. The second-order valence-corrected chi connectivity index (χ2v) is 9.97. The van der Waals surface area contributed by atoms with E-state index in [0.717, 1.165) is 10.6 Å². The van der Waals surface area contributed by atoms with Crippen LogP contribution in [0.5, 0.6) is 0 Å². The Morgan fingerprint density at radius 1 is 1.16 bits per heavy atom. The maximum Gasteiger partial charge on any atom is 0.417 e. The largest absolute Gasteiger partial charge is 0.417 e. The van der Waals surface area contributed by atoms with E-state index in [-0.39, 0.29) is 44.6 Å². The second-order valence-electron chi connectivity index (χ2n) is 8.37. The van der Waals surface area contributed by atoms with Crippen LogP contribution in [0.3, 0.4) is 0 Å². The van der Waals surface area contributed by atoms with Crippen molar-refractivity contribution in [2.75, 3.05) is 7.05 Å². The smallest absolute Gasteiger partial charge is 0.355 e. The molecule has 1 atom stereocenters. The van der Waals surface area contributed by atoms with Gasteiger partial charge in [0, 0.05) is 28.7 Å². The minimum atomic E-state index is -4.64. The van der Waals surface area contributed by atoms with E-state index < -0.39 is 35.2 Å². The lowest BCUT2D eigenvalue weighted by molar-refractivity contribution is -0.138. The number of aromatic nitrogens is 2. The fourth-order valence-electron chi connectivity index (χ4n) is 4.13. The Bertz CT molecular complexity index is 1490. The number of nitrogens with one attached hydrogen (secondary N) is 1. The van der Waals surface area contributed by atoms with Crippen molar-refractivity contribution in [3.8, 4) is 5.69 Å². The molecular formula is C24H18BrCl2F3N4O3. The molecule has 0 aliphatic carbocycles. The van der Waals surface area contributed by atoms with E-state index in [0.29, 0.717) is 11.3 Å². The van der Waals surface area contributed by atoms with Crippen LogP contribution < -0.4 is 10.9 Å². The number of rotatable bonds is 3. The van der Waals surface area contributed by atoms with Gasteiger partial charge in [-0.1, -0.05) is 27.5 Å². The fraction of sp³-hybridized carbons (Fsp3) is 0.250.